The smallest absolute Gasteiger partial charge is 0.121 e. The van der Waals surface area contributed by atoms with E-state index in [4.69, 9.17) is 10.5 Å². The van der Waals surface area contributed by atoms with Crippen LogP contribution >= 0.6 is 0 Å². The fourth-order valence-corrected chi connectivity index (χ4v) is 2.80. The molecule has 0 aromatic heterocycles. The van der Waals surface area contributed by atoms with Crippen molar-refractivity contribution < 1.29 is 4.74 Å². The van der Waals surface area contributed by atoms with Crippen LogP contribution in [0, 0.1) is 5.92 Å². The molecule has 1 fully saturated rings. The molecular formula is C15H24N2O. The molecule has 3 nitrogen and oxygen atoms in total. The molecular weight excluding hydrogens is 224 g/mol. The molecule has 2 rings (SSSR count). The number of rotatable bonds is 4. The van der Waals surface area contributed by atoms with Gasteiger partial charge in [-0.3, -0.25) is 0 Å². The highest BCUT2D eigenvalue weighted by molar-refractivity contribution is 5.68. The summed E-state index contributed by atoms with van der Waals surface area (Å²) in [5.41, 5.74) is 7.82. The van der Waals surface area contributed by atoms with Gasteiger partial charge in [-0.2, -0.15) is 0 Å². The maximum Gasteiger partial charge on any atom is 0.121 e. The van der Waals surface area contributed by atoms with Gasteiger partial charge in [-0.05, 0) is 30.9 Å². The number of nitrogens with one attached hydrogen (secondary N) is 1. The molecule has 0 spiro atoms. The molecule has 1 aliphatic rings. The van der Waals surface area contributed by atoms with E-state index in [9.17, 15) is 0 Å². The Morgan fingerprint density at radius 3 is 2.94 bits per heavy atom. The van der Waals surface area contributed by atoms with E-state index in [2.05, 4.69) is 12.2 Å². The molecule has 0 aliphatic heterocycles. The van der Waals surface area contributed by atoms with Crippen LogP contribution in [-0.2, 0) is 0 Å². The van der Waals surface area contributed by atoms with Crippen LogP contribution in [0.25, 0.3) is 0 Å². The van der Waals surface area contributed by atoms with Crippen molar-refractivity contribution in [1.29, 1.82) is 0 Å². The van der Waals surface area contributed by atoms with E-state index in [1.165, 1.54) is 32.1 Å². The van der Waals surface area contributed by atoms with E-state index >= 15 is 0 Å². The Hall–Kier alpha value is -1.38. The van der Waals surface area contributed by atoms with E-state index < -0.39 is 0 Å². The zero-order valence-corrected chi connectivity index (χ0v) is 11.4. The molecule has 0 saturated heterocycles. The molecule has 0 radical (unpaired) electrons. The van der Waals surface area contributed by atoms with Gasteiger partial charge in [0.25, 0.3) is 0 Å². The summed E-state index contributed by atoms with van der Waals surface area (Å²) in [7, 11) is 1.68. The monoisotopic (exact) mass is 248 g/mol. The summed E-state index contributed by atoms with van der Waals surface area (Å²) in [4.78, 5) is 0. The average molecular weight is 248 g/mol. The maximum atomic E-state index is 6.01. The molecule has 3 heteroatoms. The minimum atomic E-state index is 0.554. The zero-order valence-electron chi connectivity index (χ0n) is 11.4. The van der Waals surface area contributed by atoms with Crippen molar-refractivity contribution in [2.24, 2.45) is 5.92 Å². The number of hydrogen-bond donors (Lipinski definition) is 2. The van der Waals surface area contributed by atoms with Gasteiger partial charge in [0.1, 0.15) is 5.75 Å². The molecule has 1 saturated carbocycles. The standard InChI is InChI=1S/C15H24N2O/c1-3-11-5-4-6-12(9-11)17-15-10-13(18-2)7-8-14(15)16/h7-8,10-12,17H,3-6,9,16H2,1-2H3. The summed E-state index contributed by atoms with van der Waals surface area (Å²) in [6.07, 6.45) is 6.48. The molecule has 0 bridgehead atoms. The second-order valence-corrected chi connectivity index (χ2v) is 5.24. The molecule has 2 unspecified atom stereocenters. The van der Waals surface area contributed by atoms with Crippen LogP contribution in [0.4, 0.5) is 11.4 Å². The first-order valence-corrected chi connectivity index (χ1v) is 6.93. The fraction of sp³-hybridized carbons (Fsp3) is 0.600. The summed E-state index contributed by atoms with van der Waals surface area (Å²) in [6, 6.07) is 6.35. The summed E-state index contributed by atoms with van der Waals surface area (Å²) < 4.78 is 5.25. The van der Waals surface area contributed by atoms with Gasteiger partial charge in [0.2, 0.25) is 0 Å². The van der Waals surface area contributed by atoms with Gasteiger partial charge in [-0.25, -0.2) is 0 Å². The lowest BCUT2D eigenvalue weighted by Crippen LogP contribution is -2.27. The van der Waals surface area contributed by atoms with Crippen LogP contribution in [-0.4, -0.2) is 13.2 Å². The summed E-state index contributed by atoms with van der Waals surface area (Å²) in [6.45, 7) is 2.28. The number of ether oxygens (including phenoxy) is 1. The Morgan fingerprint density at radius 1 is 1.39 bits per heavy atom. The molecule has 0 heterocycles. The SMILES string of the molecule is CCC1CCCC(Nc2cc(OC)ccc2N)C1. The van der Waals surface area contributed by atoms with E-state index in [-0.39, 0.29) is 0 Å². The molecule has 3 N–H and O–H groups in total. The molecule has 1 aliphatic carbocycles. The lowest BCUT2D eigenvalue weighted by atomic mass is 9.84. The van der Waals surface area contributed by atoms with Crippen molar-refractivity contribution in [3.8, 4) is 5.75 Å². The zero-order chi connectivity index (χ0) is 13.0. The van der Waals surface area contributed by atoms with Gasteiger partial charge in [-0.15, -0.1) is 0 Å². The normalized spacial score (nSPS) is 23.7. The Labute approximate surface area is 110 Å². The summed E-state index contributed by atoms with van der Waals surface area (Å²) >= 11 is 0. The second kappa shape index (κ2) is 5.98. The molecule has 2 atom stereocenters. The highest BCUT2D eigenvalue weighted by Gasteiger charge is 2.21. The van der Waals surface area contributed by atoms with Crippen molar-refractivity contribution in [3.05, 3.63) is 18.2 Å². The van der Waals surface area contributed by atoms with Gasteiger partial charge >= 0.3 is 0 Å². The highest BCUT2D eigenvalue weighted by atomic mass is 16.5. The Morgan fingerprint density at radius 2 is 2.22 bits per heavy atom. The van der Waals surface area contributed by atoms with Gasteiger partial charge in [0.05, 0.1) is 18.5 Å². The topological polar surface area (TPSA) is 47.3 Å². The maximum absolute atomic E-state index is 6.01. The van der Waals surface area contributed by atoms with E-state index in [1.807, 2.05) is 18.2 Å². The quantitative estimate of drug-likeness (QED) is 0.799. The molecule has 1 aromatic rings. The Kier molecular flexibility index (Phi) is 4.34. The summed E-state index contributed by atoms with van der Waals surface area (Å²) in [5.74, 6) is 1.72. The third kappa shape index (κ3) is 3.09. The predicted octanol–water partition coefficient (Wildman–Crippen LogP) is 3.66. The number of benzene rings is 1. The number of nitrogens with two attached hydrogens (primary N) is 1. The van der Waals surface area contributed by atoms with Gasteiger partial charge in [-0.1, -0.05) is 26.2 Å². The van der Waals surface area contributed by atoms with Crippen LogP contribution in [0.1, 0.15) is 39.0 Å². The van der Waals surface area contributed by atoms with Gasteiger partial charge < -0.3 is 15.8 Å². The first-order chi connectivity index (χ1) is 8.72. The van der Waals surface area contributed by atoms with Crippen LogP contribution < -0.4 is 15.8 Å². The molecule has 0 amide bonds. The minimum Gasteiger partial charge on any atom is -0.497 e. The first-order valence-electron chi connectivity index (χ1n) is 6.93. The van der Waals surface area contributed by atoms with Crippen molar-refractivity contribution in [2.75, 3.05) is 18.2 Å². The first kappa shape index (κ1) is 13.1. The number of methoxy groups -OCH3 is 1. The summed E-state index contributed by atoms with van der Waals surface area (Å²) in [5, 5.41) is 3.58. The lowest BCUT2D eigenvalue weighted by molar-refractivity contribution is 0.327. The van der Waals surface area contributed by atoms with E-state index in [0.29, 0.717) is 6.04 Å². The molecule has 18 heavy (non-hydrogen) atoms. The third-order valence-electron chi connectivity index (χ3n) is 3.98. The number of nitrogen functional groups attached to an aromatic ring is 1. The second-order valence-electron chi connectivity index (χ2n) is 5.24. The fourth-order valence-electron chi connectivity index (χ4n) is 2.80. The van der Waals surface area contributed by atoms with Crippen molar-refractivity contribution in [2.45, 2.75) is 45.1 Å². The van der Waals surface area contributed by atoms with E-state index in [0.717, 1.165) is 23.0 Å². The van der Waals surface area contributed by atoms with Crippen LogP contribution in [0.5, 0.6) is 5.75 Å². The lowest BCUT2D eigenvalue weighted by Gasteiger charge is -2.30. The van der Waals surface area contributed by atoms with Crippen LogP contribution in [0.2, 0.25) is 0 Å². The Bertz CT molecular complexity index is 392. The van der Waals surface area contributed by atoms with Crippen molar-refractivity contribution in [1.82, 2.24) is 0 Å². The van der Waals surface area contributed by atoms with E-state index in [1.54, 1.807) is 7.11 Å². The number of hydrogen-bond acceptors (Lipinski definition) is 3. The molecule has 100 valence electrons. The highest BCUT2D eigenvalue weighted by Crippen LogP contribution is 2.31. The molecule has 1 aromatic carbocycles. The third-order valence-corrected chi connectivity index (χ3v) is 3.98. The average Bonchev–Trinajstić information content (AvgIpc) is 2.41. The van der Waals surface area contributed by atoms with Crippen molar-refractivity contribution in [3.63, 3.8) is 0 Å². The largest absolute Gasteiger partial charge is 0.497 e. The van der Waals surface area contributed by atoms with Gasteiger partial charge in [0, 0.05) is 12.1 Å². The van der Waals surface area contributed by atoms with Gasteiger partial charge in [0.15, 0.2) is 0 Å². The van der Waals surface area contributed by atoms with Crippen molar-refractivity contribution >= 4 is 11.4 Å². The Balaban J connectivity index is 2.04. The van der Waals surface area contributed by atoms with Crippen LogP contribution in [0.3, 0.4) is 0 Å². The minimum absolute atomic E-state index is 0.554. The predicted molar refractivity (Wildman–Crippen MR) is 77.1 cm³/mol. The van der Waals surface area contributed by atoms with Crippen LogP contribution in [0.15, 0.2) is 18.2 Å². The number of anilines is 2.